The normalized spacial score (nSPS) is 11.6. The molecule has 0 radical (unpaired) electrons. The smallest absolute Gasteiger partial charge is 0.132 e. The van der Waals surface area contributed by atoms with Gasteiger partial charge in [-0.25, -0.2) is 4.39 Å². The Hall–Kier alpha value is -1.35. The monoisotopic (exact) mass is 220 g/mol. The van der Waals surface area contributed by atoms with E-state index in [1.807, 2.05) is 19.3 Å². The summed E-state index contributed by atoms with van der Waals surface area (Å²) < 4.78 is 15.9. The molecular formula is C13H17FN2. The van der Waals surface area contributed by atoms with Crippen molar-refractivity contribution in [3.8, 4) is 0 Å². The Morgan fingerprint density at radius 2 is 2.12 bits per heavy atom. The molecule has 0 saturated heterocycles. The maximum absolute atomic E-state index is 13.8. The largest absolute Gasteiger partial charge is 0.345 e. The Bertz CT molecular complexity index is 500. The van der Waals surface area contributed by atoms with E-state index in [0.717, 1.165) is 16.5 Å². The third kappa shape index (κ3) is 1.71. The average molecular weight is 220 g/mol. The number of nitrogens with zero attached hydrogens (tertiary/aromatic N) is 1. The van der Waals surface area contributed by atoms with Crippen LogP contribution in [-0.2, 0) is 6.54 Å². The van der Waals surface area contributed by atoms with Crippen molar-refractivity contribution in [3.05, 3.63) is 35.8 Å². The van der Waals surface area contributed by atoms with Crippen LogP contribution in [0.5, 0.6) is 0 Å². The maximum Gasteiger partial charge on any atom is 0.132 e. The van der Waals surface area contributed by atoms with Crippen molar-refractivity contribution in [2.45, 2.75) is 26.4 Å². The van der Waals surface area contributed by atoms with Crippen molar-refractivity contribution in [3.63, 3.8) is 0 Å². The lowest BCUT2D eigenvalue weighted by Crippen LogP contribution is -2.04. The van der Waals surface area contributed by atoms with Crippen LogP contribution in [0, 0.1) is 5.82 Å². The van der Waals surface area contributed by atoms with Gasteiger partial charge in [-0.1, -0.05) is 6.07 Å². The van der Waals surface area contributed by atoms with Gasteiger partial charge in [0.2, 0.25) is 0 Å². The van der Waals surface area contributed by atoms with Crippen molar-refractivity contribution >= 4 is 10.9 Å². The Labute approximate surface area is 95.1 Å². The minimum absolute atomic E-state index is 0.137. The number of benzene rings is 1. The number of fused-ring (bicyclic) bond motifs is 1. The molecule has 0 amide bonds. The predicted octanol–water partition coefficient (Wildman–Crippen LogP) is 3.08. The molecule has 0 fully saturated rings. The van der Waals surface area contributed by atoms with Crippen LogP contribution in [0.1, 0.15) is 25.5 Å². The molecule has 86 valence electrons. The second-order valence-electron chi connectivity index (χ2n) is 4.32. The fourth-order valence-electron chi connectivity index (χ4n) is 2.10. The molecule has 0 saturated carbocycles. The van der Waals surface area contributed by atoms with E-state index in [0.29, 0.717) is 12.6 Å². The minimum Gasteiger partial charge on any atom is -0.345 e. The molecule has 0 unspecified atom stereocenters. The summed E-state index contributed by atoms with van der Waals surface area (Å²) >= 11 is 0. The topological polar surface area (TPSA) is 17.0 Å². The van der Waals surface area contributed by atoms with E-state index in [1.54, 1.807) is 6.07 Å². The van der Waals surface area contributed by atoms with E-state index in [-0.39, 0.29) is 5.82 Å². The third-order valence-corrected chi connectivity index (χ3v) is 2.81. The van der Waals surface area contributed by atoms with E-state index in [2.05, 4.69) is 23.7 Å². The summed E-state index contributed by atoms with van der Waals surface area (Å²) in [6.45, 7) is 4.90. The van der Waals surface area contributed by atoms with Gasteiger partial charge in [0.15, 0.2) is 0 Å². The van der Waals surface area contributed by atoms with Crippen molar-refractivity contribution in [1.82, 2.24) is 9.88 Å². The van der Waals surface area contributed by atoms with Crippen molar-refractivity contribution in [2.75, 3.05) is 7.05 Å². The van der Waals surface area contributed by atoms with Crippen molar-refractivity contribution in [1.29, 1.82) is 0 Å². The van der Waals surface area contributed by atoms with Crippen LogP contribution in [0.2, 0.25) is 0 Å². The zero-order valence-electron chi connectivity index (χ0n) is 9.92. The summed E-state index contributed by atoms with van der Waals surface area (Å²) in [6, 6.07) is 5.60. The van der Waals surface area contributed by atoms with Crippen molar-refractivity contribution < 1.29 is 4.39 Å². The Kier molecular flexibility index (Phi) is 2.97. The molecule has 2 rings (SSSR count). The fraction of sp³-hybridized carbons (Fsp3) is 0.385. The zero-order chi connectivity index (χ0) is 11.7. The number of halogens is 1. The summed E-state index contributed by atoms with van der Waals surface area (Å²) in [4.78, 5) is 0. The molecule has 2 aromatic rings. The quantitative estimate of drug-likeness (QED) is 0.841. The Balaban J connectivity index is 2.71. The number of rotatable bonds is 3. The van der Waals surface area contributed by atoms with Crippen LogP contribution in [-0.4, -0.2) is 11.6 Å². The molecule has 0 atom stereocenters. The highest BCUT2D eigenvalue weighted by Gasteiger charge is 2.13. The molecule has 0 spiro atoms. The first-order valence-electron chi connectivity index (χ1n) is 5.57. The lowest BCUT2D eigenvalue weighted by Gasteiger charge is -2.08. The van der Waals surface area contributed by atoms with Crippen LogP contribution >= 0.6 is 0 Å². The van der Waals surface area contributed by atoms with Gasteiger partial charge >= 0.3 is 0 Å². The summed E-state index contributed by atoms with van der Waals surface area (Å²) in [5.41, 5.74) is 1.99. The minimum atomic E-state index is -0.137. The second-order valence-corrected chi connectivity index (χ2v) is 4.32. The number of aromatic nitrogens is 1. The molecule has 2 nitrogen and oxygen atoms in total. The highest BCUT2D eigenvalue weighted by atomic mass is 19.1. The van der Waals surface area contributed by atoms with Crippen molar-refractivity contribution in [2.24, 2.45) is 0 Å². The number of hydrogen-bond acceptors (Lipinski definition) is 1. The zero-order valence-corrected chi connectivity index (χ0v) is 9.92. The molecule has 1 N–H and O–H groups in total. The summed E-state index contributed by atoms with van der Waals surface area (Å²) in [7, 11) is 1.87. The van der Waals surface area contributed by atoms with E-state index in [9.17, 15) is 4.39 Å². The summed E-state index contributed by atoms with van der Waals surface area (Å²) in [6.07, 6.45) is 2.04. The molecule has 0 bridgehead atoms. The molecule has 1 aromatic heterocycles. The molecule has 16 heavy (non-hydrogen) atoms. The first kappa shape index (κ1) is 11.1. The first-order valence-corrected chi connectivity index (χ1v) is 5.57. The van der Waals surface area contributed by atoms with Gasteiger partial charge in [-0.2, -0.15) is 0 Å². The standard InChI is InChI=1S/C13H17FN2/c1-9(2)16-8-10(7-15-3)13-11(14)5-4-6-12(13)16/h4-6,8-9,15H,7H2,1-3H3. The molecule has 0 aliphatic heterocycles. The molecular weight excluding hydrogens is 203 g/mol. The SMILES string of the molecule is CNCc1cn(C(C)C)c2cccc(F)c12. The highest BCUT2D eigenvalue weighted by Crippen LogP contribution is 2.26. The summed E-state index contributed by atoms with van der Waals surface area (Å²) in [5, 5.41) is 3.82. The second kappa shape index (κ2) is 4.26. The lowest BCUT2D eigenvalue weighted by atomic mass is 10.1. The van der Waals surface area contributed by atoms with Gasteiger partial charge in [-0.3, -0.25) is 0 Å². The van der Waals surface area contributed by atoms with Crippen LogP contribution < -0.4 is 5.32 Å². The Morgan fingerprint density at radius 1 is 1.38 bits per heavy atom. The van der Waals surface area contributed by atoms with E-state index < -0.39 is 0 Å². The van der Waals surface area contributed by atoms with Crippen LogP contribution in [0.3, 0.4) is 0 Å². The van der Waals surface area contributed by atoms with Gasteiger partial charge in [0.1, 0.15) is 5.82 Å². The van der Waals surface area contributed by atoms with Gasteiger partial charge < -0.3 is 9.88 Å². The van der Waals surface area contributed by atoms with Gasteiger partial charge in [-0.05, 0) is 38.6 Å². The molecule has 1 heterocycles. The lowest BCUT2D eigenvalue weighted by molar-refractivity contribution is 0.618. The van der Waals surface area contributed by atoms with Crippen LogP contribution in [0.4, 0.5) is 4.39 Å². The van der Waals surface area contributed by atoms with E-state index in [4.69, 9.17) is 0 Å². The molecule has 1 aromatic carbocycles. The first-order chi connectivity index (χ1) is 7.65. The number of hydrogen-bond donors (Lipinski definition) is 1. The van der Waals surface area contributed by atoms with Gasteiger partial charge in [-0.15, -0.1) is 0 Å². The Morgan fingerprint density at radius 3 is 2.75 bits per heavy atom. The number of nitrogens with one attached hydrogen (secondary N) is 1. The average Bonchev–Trinajstić information content (AvgIpc) is 2.59. The van der Waals surface area contributed by atoms with Gasteiger partial charge in [0.25, 0.3) is 0 Å². The molecule has 0 aliphatic rings. The maximum atomic E-state index is 13.8. The van der Waals surface area contributed by atoms with Crippen LogP contribution in [0.15, 0.2) is 24.4 Å². The third-order valence-electron chi connectivity index (χ3n) is 2.81. The predicted molar refractivity (Wildman–Crippen MR) is 65.0 cm³/mol. The van der Waals surface area contributed by atoms with E-state index in [1.165, 1.54) is 6.07 Å². The highest BCUT2D eigenvalue weighted by molar-refractivity contribution is 5.84. The van der Waals surface area contributed by atoms with Gasteiger partial charge in [0, 0.05) is 24.2 Å². The molecule has 3 heteroatoms. The molecule has 0 aliphatic carbocycles. The van der Waals surface area contributed by atoms with Crippen LogP contribution in [0.25, 0.3) is 10.9 Å². The summed E-state index contributed by atoms with van der Waals surface area (Å²) in [5.74, 6) is -0.137. The fourth-order valence-corrected chi connectivity index (χ4v) is 2.10. The van der Waals surface area contributed by atoms with E-state index >= 15 is 0 Å². The van der Waals surface area contributed by atoms with Gasteiger partial charge in [0.05, 0.1) is 5.52 Å².